The minimum Gasteiger partial charge on any atom is -0.495 e. The van der Waals surface area contributed by atoms with Crippen LogP contribution in [0, 0.1) is 0 Å². The normalized spacial score (nSPS) is 10.5. The smallest absolute Gasteiger partial charge is 0.180 e. The molecule has 90 valence electrons. The van der Waals surface area contributed by atoms with Gasteiger partial charge < -0.3 is 15.6 Å². The second-order valence-corrected chi connectivity index (χ2v) is 4.85. The SMILES string of the molecule is COc1ccc(-c2nc(N)sc2CO)cc1Cl. The van der Waals surface area contributed by atoms with Crippen molar-refractivity contribution in [2.75, 3.05) is 12.8 Å². The van der Waals surface area contributed by atoms with Crippen molar-refractivity contribution in [2.45, 2.75) is 6.61 Å². The number of aliphatic hydroxyl groups is 1. The highest BCUT2D eigenvalue weighted by Gasteiger charge is 2.12. The van der Waals surface area contributed by atoms with Crippen molar-refractivity contribution in [2.24, 2.45) is 0 Å². The second-order valence-electron chi connectivity index (χ2n) is 3.33. The zero-order valence-corrected chi connectivity index (χ0v) is 10.7. The maximum absolute atomic E-state index is 9.22. The van der Waals surface area contributed by atoms with Gasteiger partial charge in [-0.25, -0.2) is 4.98 Å². The summed E-state index contributed by atoms with van der Waals surface area (Å²) in [6, 6.07) is 5.33. The van der Waals surface area contributed by atoms with E-state index in [0.29, 0.717) is 21.6 Å². The highest BCUT2D eigenvalue weighted by atomic mass is 35.5. The van der Waals surface area contributed by atoms with Gasteiger partial charge in [0.1, 0.15) is 5.75 Å². The van der Waals surface area contributed by atoms with Crippen molar-refractivity contribution < 1.29 is 9.84 Å². The lowest BCUT2D eigenvalue weighted by Gasteiger charge is -2.05. The Bertz CT molecular complexity index is 542. The molecular weight excluding hydrogens is 260 g/mol. The zero-order chi connectivity index (χ0) is 12.4. The molecule has 0 fully saturated rings. The average molecular weight is 271 g/mol. The Morgan fingerprint density at radius 3 is 2.88 bits per heavy atom. The van der Waals surface area contributed by atoms with Crippen LogP contribution in [-0.4, -0.2) is 17.2 Å². The Hall–Kier alpha value is -1.30. The van der Waals surface area contributed by atoms with Gasteiger partial charge in [0, 0.05) is 5.56 Å². The fraction of sp³-hybridized carbons (Fsp3) is 0.182. The first-order valence-corrected chi connectivity index (χ1v) is 6.05. The zero-order valence-electron chi connectivity index (χ0n) is 9.11. The summed E-state index contributed by atoms with van der Waals surface area (Å²) in [7, 11) is 1.56. The third-order valence-corrected chi connectivity index (χ3v) is 3.45. The van der Waals surface area contributed by atoms with Crippen LogP contribution < -0.4 is 10.5 Å². The van der Waals surface area contributed by atoms with E-state index in [0.717, 1.165) is 10.4 Å². The van der Waals surface area contributed by atoms with Crippen molar-refractivity contribution in [1.82, 2.24) is 4.98 Å². The van der Waals surface area contributed by atoms with E-state index in [9.17, 15) is 5.11 Å². The maximum Gasteiger partial charge on any atom is 0.180 e. The van der Waals surface area contributed by atoms with Gasteiger partial charge in [0.25, 0.3) is 0 Å². The molecule has 1 heterocycles. The number of aromatic nitrogens is 1. The van der Waals surface area contributed by atoms with Crippen LogP contribution in [-0.2, 0) is 6.61 Å². The van der Waals surface area contributed by atoms with Gasteiger partial charge in [-0.15, -0.1) is 0 Å². The lowest BCUT2D eigenvalue weighted by Crippen LogP contribution is -1.88. The van der Waals surface area contributed by atoms with Gasteiger partial charge in [-0.05, 0) is 18.2 Å². The number of thiazole rings is 1. The summed E-state index contributed by atoms with van der Waals surface area (Å²) in [4.78, 5) is 4.91. The van der Waals surface area contributed by atoms with E-state index in [2.05, 4.69) is 4.98 Å². The number of benzene rings is 1. The molecule has 17 heavy (non-hydrogen) atoms. The molecule has 0 saturated carbocycles. The molecule has 0 spiro atoms. The maximum atomic E-state index is 9.22. The van der Waals surface area contributed by atoms with E-state index in [1.54, 1.807) is 19.2 Å². The van der Waals surface area contributed by atoms with Gasteiger partial charge in [0.05, 0.1) is 29.3 Å². The monoisotopic (exact) mass is 270 g/mol. The molecular formula is C11H11ClN2O2S. The van der Waals surface area contributed by atoms with Crippen molar-refractivity contribution >= 4 is 28.1 Å². The van der Waals surface area contributed by atoms with E-state index >= 15 is 0 Å². The number of nitrogen functional groups attached to an aromatic ring is 1. The number of nitrogens with two attached hydrogens (primary N) is 1. The van der Waals surface area contributed by atoms with Crippen LogP contribution in [0.25, 0.3) is 11.3 Å². The standard InChI is InChI=1S/C11H11ClN2O2S/c1-16-8-3-2-6(4-7(8)12)10-9(5-15)17-11(13)14-10/h2-4,15H,5H2,1H3,(H2,13,14). The van der Waals surface area contributed by atoms with Gasteiger partial charge in [0.2, 0.25) is 0 Å². The number of methoxy groups -OCH3 is 1. The van der Waals surface area contributed by atoms with E-state index in [1.165, 1.54) is 11.3 Å². The van der Waals surface area contributed by atoms with Crippen LogP contribution in [0.4, 0.5) is 5.13 Å². The van der Waals surface area contributed by atoms with Crippen molar-refractivity contribution in [1.29, 1.82) is 0 Å². The molecule has 0 saturated heterocycles. The number of halogens is 1. The number of ether oxygens (including phenoxy) is 1. The molecule has 1 aromatic carbocycles. The van der Waals surface area contributed by atoms with Crippen molar-refractivity contribution in [3.63, 3.8) is 0 Å². The second kappa shape index (κ2) is 4.91. The Morgan fingerprint density at radius 2 is 2.29 bits per heavy atom. The predicted molar refractivity (Wildman–Crippen MR) is 69.4 cm³/mol. The lowest BCUT2D eigenvalue weighted by molar-refractivity contribution is 0.286. The molecule has 0 bridgehead atoms. The van der Waals surface area contributed by atoms with E-state index in [-0.39, 0.29) is 6.61 Å². The van der Waals surface area contributed by atoms with Crippen LogP contribution in [0.5, 0.6) is 5.75 Å². The van der Waals surface area contributed by atoms with Gasteiger partial charge in [-0.2, -0.15) is 0 Å². The van der Waals surface area contributed by atoms with E-state index in [4.69, 9.17) is 22.1 Å². The number of anilines is 1. The van der Waals surface area contributed by atoms with Crippen LogP contribution in [0.2, 0.25) is 5.02 Å². The molecule has 0 atom stereocenters. The lowest BCUT2D eigenvalue weighted by atomic mass is 10.1. The first kappa shape index (κ1) is 12.2. The minimum atomic E-state index is -0.0894. The van der Waals surface area contributed by atoms with Crippen LogP contribution >= 0.6 is 22.9 Å². The largest absolute Gasteiger partial charge is 0.495 e. The number of nitrogens with zero attached hydrogens (tertiary/aromatic N) is 1. The topological polar surface area (TPSA) is 68.4 Å². The number of hydrogen-bond acceptors (Lipinski definition) is 5. The fourth-order valence-electron chi connectivity index (χ4n) is 1.52. The molecule has 6 heteroatoms. The third kappa shape index (κ3) is 2.36. The van der Waals surface area contributed by atoms with Gasteiger partial charge in [0.15, 0.2) is 5.13 Å². The molecule has 3 N–H and O–H groups in total. The molecule has 2 aromatic rings. The molecule has 4 nitrogen and oxygen atoms in total. The van der Waals surface area contributed by atoms with Crippen LogP contribution in [0.1, 0.15) is 4.88 Å². The van der Waals surface area contributed by atoms with E-state index in [1.807, 2.05) is 6.07 Å². The van der Waals surface area contributed by atoms with Crippen LogP contribution in [0.3, 0.4) is 0 Å². The highest BCUT2D eigenvalue weighted by Crippen LogP contribution is 2.34. The summed E-state index contributed by atoms with van der Waals surface area (Å²) >= 11 is 7.31. The average Bonchev–Trinajstić information content (AvgIpc) is 2.70. The summed E-state index contributed by atoms with van der Waals surface area (Å²) < 4.78 is 5.07. The number of rotatable bonds is 3. The quantitative estimate of drug-likeness (QED) is 0.899. The fourth-order valence-corrected chi connectivity index (χ4v) is 2.49. The molecule has 0 amide bonds. The van der Waals surface area contributed by atoms with Crippen LogP contribution in [0.15, 0.2) is 18.2 Å². The first-order chi connectivity index (χ1) is 8.15. The Morgan fingerprint density at radius 1 is 1.53 bits per heavy atom. The predicted octanol–water partition coefficient (Wildman–Crippen LogP) is 2.55. The Kier molecular flexibility index (Phi) is 3.51. The Balaban J connectivity index is 2.49. The molecule has 1 aromatic heterocycles. The van der Waals surface area contributed by atoms with Gasteiger partial charge >= 0.3 is 0 Å². The number of aliphatic hydroxyl groups excluding tert-OH is 1. The Labute approximate surface area is 108 Å². The number of hydrogen-bond donors (Lipinski definition) is 2. The van der Waals surface area contributed by atoms with Crippen molar-refractivity contribution in [3.05, 3.63) is 28.1 Å². The summed E-state index contributed by atoms with van der Waals surface area (Å²) in [5.74, 6) is 0.601. The molecule has 2 rings (SSSR count). The van der Waals surface area contributed by atoms with Gasteiger partial charge in [-0.1, -0.05) is 22.9 Å². The molecule has 0 aliphatic rings. The first-order valence-electron chi connectivity index (χ1n) is 4.85. The molecule has 0 radical (unpaired) electrons. The van der Waals surface area contributed by atoms with Crippen molar-refractivity contribution in [3.8, 4) is 17.0 Å². The summed E-state index contributed by atoms with van der Waals surface area (Å²) in [6.07, 6.45) is 0. The summed E-state index contributed by atoms with van der Waals surface area (Å²) in [5, 5.41) is 10.1. The summed E-state index contributed by atoms with van der Waals surface area (Å²) in [5.41, 5.74) is 7.10. The third-order valence-electron chi connectivity index (χ3n) is 2.28. The minimum absolute atomic E-state index is 0.0894. The van der Waals surface area contributed by atoms with Gasteiger partial charge in [-0.3, -0.25) is 0 Å². The molecule has 0 aliphatic heterocycles. The molecule has 0 aliphatic carbocycles. The summed E-state index contributed by atoms with van der Waals surface area (Å²) in [6.45, 7) is -0.0894. The highest BCUT2D eigenvalue weighted by molar-refractivity contribution is 7.15. The molecule has 0 unspecified atom stereocenters. The van der Waals surface area contributed by atoms with E-state index < -0.39 is 0 Å².